The van der Waals surface area contributed by atoms with E-state index in [2.05, 4.69) is 60.0 Å². The van der Waals surface area contributed by atoms with Crippen LogP contribution in [0.3, 0.4) is 0 Å². The lowest BCUT2D eigenvalue weighted by Gasteiger charge is -2.14. The van der Waals surface area contributed by atoms with E-state index in [0.717, 1.165) is 33.9 Å². The molecule has 1 aliphatic rings. The second kappa shape index (κ2) is 10.0. The zero-order valence-corrected chi connectivity index (χ0v) is 19.2. The smallest absolute Gasteiger partial charge is 0.251 e. The van der Waals surface area contributed by atoms with Crippen LogP contribution in [0.5, 0.6) is 0 Å². The van der Waals surface area contributed by atoms with Gasteiger partial charge in [-0.05, 0) is 54.5 Å². The SMILES string of the molecule is CN(C)Cc1ccc(-c2ccccc2CNC(=O)c2ccc3c(c2)NC(=O)CCS3)cc1. The van der Waals surface area contributed by atoms with E-state index in [9.17, 15) is 9.59 Å². The van der Waals surface area contributed by atoms with Gasteiger partial charge in [-0.2, -0.15) is 0 Å². The van der Waals surface area contributed by atoms with Crippen LogP contribution in [0.15, 0.2) is 71.6 Å². The molecule has 32 heavy (non-hydrogen) atoms. The monoisotopic (exact) mass is 445 g/mol. The molecule has 0 radical (unpaired) electrons. The molecule has 0 spiro atoms. The number of hydrogen-bond acceptors (Lipinski definition) is 4. The molecule has 3 aromatic carbocycles. The van der Waals surface area contributed by atoms with Gasteiger partial charge in [-0.15, -0.1) is 11.8 Å². The number of nitrogens with zero attached hydrogens (tertiary/aromatic N) is 1. The third-order valence-corrected chi connectivity index (χ3v) is 6.40. The van der Waals surface area contributed by atoms with Crippen molar-refractivity contribution in [1.29, 1.82) is 0 Å². The lowest BCUT2D eigenvalue weighted by atomic mass is 9.98. The molecular formula is C26H27N3O2S. The number of thioether (sulfide) groups is 1. The van der Waals surface area contributed by atoms with E-state index >= 15 is 0 Å². The predicted octanol–water partition coefficient (Wildman–Crippen LogP) is 4.78. The minimum absolute atomic E-state index is 0.0145. The Morgan fingerprint density at radius 1 is 1.06 bits per heavy atom. The van der Waals surface area contributed by atoms with Crippen LogP contribution in [-0.2, 0) is 17.9 Å². The molecule has 0 saturated carbocycles. The summed E-state index contributed by atoms with van der Waals surface area (Å²) in [6.45, 7) is 1.32. The first-order valence-electron chi connectivity index (χ1n) is 10.7. The van der Waals surface area contributed by atoms with Gasteiger partial charge in [0.15, 0.2) is 0 Å². The summed E-state index contributed by atoms with van der Waals surface area (Å²) in [5.41, 5.74) is 5.80. The molecule has 164 valence electrons. The lowest BCUT2D eigenvalue weighted by molar-refractivity contribution is -0.115. The molecule has 0 atom stereocenters. The average molecular weight is 446 g/mol. The van der Waals surface area contributed by atoms with Crippen LogP contribution >= 0.6 is 11.8 Å². The fourth-order valence-corrected chi connectivity index (χ4v) is 4.69. The second-order valence-corrected chi connectivity index (χ2v) is 9.27. The van der Waals surface area contributed by atoms with E-state index in [1.807, 2.05) is 30.3 Å². The molecular weight excluding hydrogens is 418 g/mol. The summed E-state index contributed by atoms with van der Waals surface area (Å²) in [6, 6.07) is 22.2. The first-order chi connectivity index (χ1) is 15.5. The number of hydrogen-bond donors (Lipinski definition) is 2. The van der Waals surface area contributed by atoms with E-state index in [-0.39, 0.29) is 11.8 Å². The van der Waals surface area contributed by atoms with Gasteiger partial charge in [0.1, 0.15) is 0 Å². The van der Waals surface area contributed by atoms with Crippen molar-refractivity contribution in [3.63, 3.8) is 0 Å². The summed E-state index contributed by atoms with van der Waals surface area (Å²) in [4.78, 5) is 27.8. The minimum atomic E-state index is -0.160. The van der Waals surface area contributed by atoms with E-state index < -0.39 is 0 Å². The van der Waals surface area contributed by atoms with Crippen molar-refractivity contribution >= 4 is 29.3 Å². The van der Waals surface area contributed by atoms with Gasteiger partial charge in [-0.25, -0.2) is 0 Å². The number of rotatable bonds is 6. The topological polar surface area (TPSA) is 61.4 Å². The van der Waals surface area contributed by atoms with Gasteiger partial charge in [-0.3, -0.25) is 9.59 Å². The van der Waals surface area contributed by atoms with Gasteiger partial charge in [0.25, 0.3) is 5.91 Å². The largest absolute Gasteiger partial charge is 0.348 e. The molecule has 2 amide bonds. The third-order valence-electron chi connectivity index (χ3n) is 5.32. The van der Waals surface area contributed by atoms with Crippen molar-refractivity contribution in [2.24, 2.45) is 0 Å². The normalized spacial score (nSPS) is 13.3. The van der Waals surface area contributed by atoms with Crippen LogP contribution in [0.25, 0.3) is 11.1 Å². The Morgan fingerprint density at radius 2 is 1.84 bits per heavy atom. The summed E-state index contributed by atoms with van der Waals surface area (Å²) in [5, 5.41) is 5.93. The minimum Gasteiger partial charge on any atom is -0.348 e. The Balaban J connectivity index is 1.48. The van der Waals surface area contributed by atoms with Crippen molar-refractivity contribution < 1.29 is 9.59 Å². The Labute approximate surface area is 193 Å². The molecule has 4 rings (SSSR count). The zero-order valence-electron chi connectivity index (χ0n) is 18.4. The maximum absolute atomic E-state index is 12.8. The standard InChI is InChI=1S/C26H27N3O2S/c1-29(2)17-18-7-9-19(10-8-18)22-6-4-3-5-21(22)16-27-26(31)20-11-12-24-23(15-20)28-25(30)13-14-32-24/h3-12,15H,13-14,16-17H2,1-2H3,(H,27,31)(H,28,30). The summed E-state index contributed by atoms with van der Waals surface area (Å²) in [7, 11) is 4.12. The Bertz CT molecular complexity index is 1130. The molecule has 0 saturated heterocycles. The van der Waals surface area contributed by atoms with E-state index in [0.29, 0.717) is 24.2 Å². The van der Waals surface area contributed by atoms with Gasteiger partial charge in [0.05, 0.1) is 5.69 Å². The van der Waals surface area contributed by atoms with Crippen molar-refractivity contribution in [2.75, 3.05) is 25.2 Å². The Kier molecular flexibility index (Phi) is 6.93. The summed E-state index contributed by atoms with van der Waals surface area (Å²) in [5.74, 6) is 0.573. The Morgan fingerprint density at radius 3 is 2.62 bits per heavy atom. The van der Waals surface area contributed by atoms with Crippen LogP contribution in [0.2, 0.25) is 0 Å². The maximum Gasteiger partial charge on any atom is 0.251 e. The van der Waals surface area contributed by atoms with Gasteiger partial charge >= 0.3 is 0 Å². The van der Waals surface area contributed by atoms with E-state index in [4.69, 9.17) is 0 Å². The number of fused-ring (bicyclic) bond motifs is 1. The molecule has 0 aliphatic carbocycles. The van der Waals surface area contributed by atoms with Gasteiger partial charge < -0.3 is 15.5 Å². The molecule has 0 bridgehead atoms. The van der Waals surface area contributed by atoms with Gasteiger partial charge in [0, 0.05) is 35.7 Å². The van der Waals surface area contributed by atoms with Crippen LogP contribution in [-0.4, -0.2) is 36.6 Å². The number of amides is 2. The first kappa shape index (κ1) is 22.1. The Hall–Kier alpha value is -3.09. The summed E-state index contributed by atoms with van der Waals surface area (Å²) in [6.07, 6.45) is 0.480. The molecule has 3 aromatic rings. The first-order valence-corrected chi connectivity index (χ1v) is 11.6. The fraction of sp³-hybridized carbons (Fsp3) is 0.231. The lowest BCUT2D eigenvalue weighted by Crippen LogP contribution is -2.23. The highest BCUT2D eigenvalue weighted by molar-refractivity contribution is 7.99. The van der Waals surface area contributed by atoms with E-state index in [1.165, 1.54) is 5.56 Å². The van der Waals surface area contributed by atoms with Crippen LogP contribution < -0.4 is 10.6 Å². The molecule has 2 N–H and O–H groups in total. The van der Waals surface area contributed by atoms with Crippen LogP contribution in [0, 0.1) is 0 Å². The molecule has 0 aromatic heterocycles. The zero-order chi connectivity index (χ0) is 22.5. The highest BCUT2D eigenvalue weighted by Gasteiger charge is 2.16. The van der Waals surface area contributed by atoms with Crippen molar-refractivity contribution in [2.45, 2.75) is 24.4 Å². The quantitative estimate of drug-likeness (QED) is 0.573. The average Bonchev–Trinajstić information content (AvgIpc) is 2.97. The molecule has 0 fully saturated rings. The molecule has 1 heterocycles. The number of benzene rings is 3. The van der Waals surface area contributed by atoms with Gasteiger partial charge in [0.2, 0.25) is 5.91 Å². The second-order valence-electron chi connectivity index (χ2n) is 8.13. The molecule has 0 unspecified atom stereocenters. The highest BCUT2D eigenvalue weighted by Crippen LogP contribution is 2.31. The van der Waals surface area contributed by atoms with Crippen molar-refractivity contribution in [1.82, 2.24) is 10.2 Å². The van der Waals surface area contributed by atoms with E-state index in [1.54, 1.807) is 17.8 Å². The number of carbonyl (C=O) groups is 2. The number of nitrogens with one attached hydrogen (secondary N) is 2. The van der Waals surface area contributed by atoms with Gasteiger partial charge in [-0.1, -0.05) is 48.5 Å². The predicted molar refractivity (Wildman–Crippen MR) is 131 cm³/mol. The summed E-state index contributed by atoms with van der Waals surface area (Å²) < 4.78 is 0. The molecule has 1 aliphatic heterocycles. The fourth-order valence-electron chi connectivity index (χ4n) is 3.75. The van der Waals surface area contributed by atoms with Crippen molar-refractivity contribution in [3.8, 4) is 11.1 Å². The number of carbonyl (C=O) groups excluding carboxylic acids is 2. The van der Waals surface area contributed by atoms with Crippen LogP contribution in [0.1, 0.15) is 27.9 Å². The van der Waals surface area contributed by atoms with Crippen molar-refractivity contribution in [3.05, 3.63) is 83.4 Å². The highest BCUT2D eigenvalue weighted by atomic mass is 32.2. The summed E-state index contributed by atoms with van der Waals surface area (Å²) >= 11 is 1.63. The molecule has 5 nitrogen and oxygen atoms in total. The maximum atomic E-state index is 12.8. The molecule has 6 heteroatoms. The third kappa shape index (κ3) is 5.39. The number of anilines is 1. The van der Waals surface area contributed by atoms with Crippen LogP contribution in [0.4, 0.5) is 5.69 Å².